The Bertz CT molecular complexity index is 440. The summed E-state index contributed by atoms with van der Waals surface area (Å²) in [5.41, 5.74) is -0.247. The van der Waals surface area contributed by atoms with Crippen molar-refractivity contribution in [2.24, 2.45) is 0 Å². The summed E-state index contributed by atoms with van der Waals surface area (Å²) in [6.07, 6.45) is 1.15. The number of carbonyl (C=O) groups is 1. The summed E-state index contributed by atoms with van der Waals surface area (Å²) in [7, 11) is 0. The Hall–Kier alpha value is -1.42. The smallest absolute Gasteiger partial charge is 0.336 e. The zero-order valence-electron chi connectivity index (χ0n) is 8.90. The second-order valence-electron chi connectivity index (χ2n) is 4.39. The highest BCUT2D eigenvalue weighted by Gasteiger charge is 2.43. The maximum atomic E-state index is 13.0. The predicted octanol–water partition coefficient (Wildman–Crippen LogP) is 1.69. The van der Waals surface area contributed by atoms with Gasteiger partial charge in [-0.1, -0.05) is 6.07 Å². The van der Waals surface area contributed by atoms with Gasteiger partial charge in [0.2, 0.25) is 0 Å². The van der Waals surface area contributed by atoms with Crippen LogP contribution in [0.4, 0.5) is 4.39 Å². The quantitative estimate of drug-likeness (QED) is 0.803. The lowest BCUT2D eigenvalue weighted by atomic mass is 9.84. The molecule has 2 atom stereocenters. The zero-order chi connectivity index (χ0) is 11.9. The molecule has 4 heteroatoms. The van der Waals surface area contributed by atoms with Gasteiger partial charge in [-0.05, 0) is 43.0 Å². The lowest BCUT2D eigenvalue weighted by Gasteiger charge is -2.26. The molecule has 2 N–H and O–H groups in total. The van der Waals surface area contributed by atoms with Crippen molar-refractivity contribution in [2.45, 2.75) is 31.3 Å². The molecule has 1 aromatic carbocycles. The third kappa shape index (κ3) is 1.59. The molecule has 16 heavy (non-hydrogen) atoms. The molecule has 0 amide bonds. The van der Waals surface area contributed by atoms with Gasteiger partial charge in [-0.3, -0.25) is 0 Å². The number of hydrogen-bond acceptors (Lipinski definition) is 2. The minimum absolute atomic E-state index is 0.325. The van der Waals surface area contributed by atoms with E-state index in [1.165, 1.54) is 19.1 Å². The van der Waals surface area contributed by atoms with Crippen LogP contribution in [0.5, 0.6) is 0 Å². The van der Waals surface area contributed by atoms with Gasteiger partial charge in [0.15, 0.2) is 5.60 Å². The van der Waals surface area contributed by atoms with Crippen LogP contribution in [0.15, 0.2) is 18.2 Å². The number of halogens is 1. The Morgan fingerprint density at radius 3 is 2.88 bits per heavy atom. The van der Waals surface area contributed by atoms with Crippen LogP contribution in [0.3, 0.4) is 0 Å². The summed E-state index contributed by atoms with van der Waals surface area (Å²) in [6.45, 7) is 1.29. The number of rotatable bonds is 2. The standard InChI is InChI=1S/C12H13FO3/c1-12(16,11(14)15)10-5-2-7-6-8(13)3-4-9(7)10/h3-4,6,10,16H,2,5H2,1H3,(H,14,15). The van der Waals surface area contributed by atoms with Crippen LogP contribution in [-0.4, -0.2) is 21.8 Å². The van der Waals surface area contributed by atoms with Crippen molar-refractivity contribution < 1.29 is 19.4 Å². The molecular weight excluding hydrogens is 211 g/mol. The molecule has 2 rings (SSSR count). The maximum absolute atomic E-state index is 13.0. The van der Waals surface area contributed by atoms with Gasteiger partial charge < -0.3 is 10.2 Å². The number of carboxylic acid groups (broad SMARTS) is 1. The highest BCUT2D eigenvalue weighted by Crippen LogP contribution is 2.40. The lowest BCUT2D eigenvalue weighted by molar-refractivity contribution is -0.159. The molecule has 1 aliphatic rings. The van der Waals surface area contributed by atoms with E-state index in [2.05, 4.69) is 0 Å². The molecule has 86 valence electrons. The van der Waals surface area contributed by atoms with Crippen LogP contribution in [0.1, 0.15) is 30.4 Å². The van der Waals surface area contributed by atoms with Gasteiger partial charge in [-0.2, -0.15) is 0 Å². The van der Waals surface area contributed by atoms with Gasteiger partial charge in [-0.25, -0.2) is 9.18 Å². The van der Waals surface area contributed by atoms with E-state index >= 15 is 0 Å². The first-order chi connectivity index (χ1) is 7.43. The molecule has 3 nitrogen and oxygen atoms in total. The third-order valence-electron chi connectivity index (χ3n) is 3.29. The van der Waals surface area contributed by atoms with Gasteiger partial charge in [0.25, 0.3) is 0 Å². The summed E-state index contributed by atoms with van der Waals surface area (Å²) < 4.78 is 13.0. The summed E-state index contributed by atoms with van der Waals surface area (Å²) in [6, 6.07) is 4.28. The van der Waals surface area contributed by atoms with Crippen molar-refractivity contribution in [3.63, 3.8) is 0 Å². The average molecular weight is 224 g/mol. The summed E-state index contributed by atoms with van der Waals surface area (Å²) >= 11 is 0. The second kappa shape index (κ2) is 3.56. The molecule has 2 unspecified atom stereocenters. The highest BCUT2D eigenvalue weighted by atomic mass is 19.1. The van der Waals surface area contributed by atoms with Crippen molar-refractivity contribution in [1.29, 1.82) is 0 Å². The maximum Gasteiger partial charge on any atom is 0.336 e. The molecule has 0 heterocycles. The molecule has 0 aliphatic heterocycles. The van der Waals surface area contributed by atoms with Crippen molar-refractivity contribution in [3.8, 4) is 0 Å². The van der Waals surface area contributed by atoms with E-state index in [-0.39, 0.29) is 5.82 Å². The fourth-order valence-electron chi connectivity index (χ4n) is 2.32. The molecule has 0 aromatic heterocycles. The summed E-state index contributed by atoms with van der Waals surface area (Å²) in [5, 5.41) is 18.9. The van der Waals surface area contributed by atoms with Gasteiger partial charge >= 0.3 is 5.97 Å². The monoisotopic (exact) mass is 224 g/mol. The van der Waals surface area contributed by atoms with E-state index in [1.807, 2.05) is 0 Å². The number of carboxylic acids is 1. The van der Waals surface area contributed by atoms with Gasteiger partial charge in [0.1, 0.15) is 5.82 Å². The lowest BCUT2D eigenvalue weighted by Crippen LogP contribution is -2.40. The normalized spacial score (nSPS) is 22.6. The largest absolute Gasteiger partial charge is 0.479 e. The Morgan fingerprint density at radius 1 is 1.56 bits per heavy atom. The van der Waals surface area contributed by atoms with Crippen molar-refractivity contribution >= 4 is 5.97 Å². The van der Waals surface area contributed by atoms with Crippen LogP contribution in [0.25, 0.3) is 0 Å². The van der Waals surface area contributed by atoms with Gasteiger partial charge in [-0.15, -0.1) is 0 Å². The van der Waals surface area contributed by atoms with Crippen LogP contribution in [0.2, 0.25) is 0 Å². The minimum Gasteiger partial charge on any atom is -0.479 e. The molecule has 0 saturated heterocycles. The van der Waals surface area contributed by atoms with Crippen LogP contribution in [0, 0.1) is 5.82 Å². The number of aliphatic carboxylic acids is 1. The van der Waals surface area contributed by atoms with E-state index < -0.39 is 17.5 Å². The van der Waals surface area contributed by atoms with E-state index in [0.29, 0.717) is 12.8 Å². The first-order valence-electron chi connectivity index (χ1n) is 5.17. The van der Waals surface area contributed by atoms with E-state index in [1.54, 1.807) is 6.07 Å². The van der Waals surface area contributed by atoms with Crippen LogP contribution < -0.4 is 0 Å². The van der Waals surface area contributed by atoms with E-state index in [4.69, 9.17) is 5.11 Å². The van der Waals surface area contributed by atoms with Gasteiger partial charge in [0, 0.05) is 5.92 Å². The number of aryl methyl sites for hydroxylation is 1. The molecule has 0 spiro atoms. The molecule has 0 radical (unpaired) electrons. The second-order valence-corrected chi connectivity index (χ2v) is 4.39. The minimum atomic E-state index is -1.79. The van der Waals surface area contributed by atoms with E-state index in [0.717, 1.165) is 11.1 Å². The highest BCUT2D eigenvalue weighted by molar-refractivity contribution is 5.78. The Kier molecular flexibility index (Phi) is 2.46. The molecule has 0 bridgehead atoms. The molecule has 0 saturated carbocycles. The fourth-order valence-corrected chi connectivity index (χ4v) is 2.32. The third-order valence-corrected chi connectivity index (χ3v) is 3.29. The zero-order valence-corrected chi connectivity index (χ0v) is 8.90. The fraction of sp³-hybridized carbons (Fsp3) is 0.417. The number of benzene rings is 1. The molecule has 1 aliphatic carbocycles. The number of aliphatic hydroxyl groups is 1. The summed E-state index contributed by atoms with van der Waals surface area (Å²) in [4.78, 5) is 11.0. The van der Waals surface area contributed by atoms with Gasteiger partial charge in [0.05, 0.1) is 0 Å². The first-order valence-corrected chi connectivity index (χ1v) is 5.17. The SMILES string of the molecule is CC(O)(C(=O)O)C1CCc2cc(F)ccc21. The van der Waals surface area contributed by atoms with E-state index in [9.17, 15) is 14.3 Å². The number of fused-ring (bicyclic) bond motifs is 1. The van der Waals surface area contributed by atoms with Crippen LogP contribution >= 0.6 is 0 Å². The topological polar surface area (TPSA) is 57.5 Å². The Labute approximate surface area is 92.5 Å². The number of hydrogen-bond donors (Lipinski definition) is 2. The van der Waals surface area contributed by atoms with Crippen LogP contribution in [-0.2, 0) is 11.2 Å². The molecule has 0 fully saturated rings. The molecule has 1 aromatic rings. The van der Waals surface area contributed by atoms with Crippen molar-refractivity contribution in [3.05, 3.63) is 35.1 Å². The Balaban J connectivity index is 2.41. The van der Waals surface area contributed by atoms with Crippen molar-refractivity contribution in [1.82, 2.24) is 0 Å². The average Bonchev–Trinajstić information content (AvgIpc) is 2.60. The predicted molar refractivity (Wildman–Crippen MR) is 55.7 cm³/mol. The van der Waals surface area contributed by atoms with Crippen molar-refractivity contribution in [2.75, 3.05) is 0 Å². The summed E-state index contributed by atoms with van der Waals surface area (Å²) in [5.74, 6) is -2.02. The first kappa shape index (κ1) is 11.1. The Morgan fingerprint density at radius 2 is 2.25 bits per heavy atom. The molecular formula is C12H13FO3.